The van der Waals surface area contributed by atoms with E-state index in [1.165, 1.54) is 5.56 Å². The van der Waals surface area contributed by atoms with Crippen LogP contribution in [0.15, 0.2) is 36.7 Å². The van der Waals surface area contributed by atoms with Crippen LogP contribution in [-0.4, -0.2) is 17.5 Å². The first-order chi connectivity index (χ1) is 10.2. The summed E-state index contributed by atoms with van der Waals surface area (Å²) in [7, 11) is 0. The molecule has 106 valence electrons. The smallest absolute Gasteiger partial charge is 0.231 e. The molecule has 3 heterocycles. The van der Waals surface area contributed by atoms with E-state index in [0.29, 0.717) is 0 Å². The molecule has 0 spiro atoms. The summed E-state index contributed by atoms with van der Waals surface area (Å²) < 4.78 is 5.62. The van der Waals surface area contributed by atoms with Gasteiger partial charge in [-0.3, -0.25) is 9.78 Å². The molecule has 4 nitrogen and oxygen atoms in total. The molecule has 21 heavy (non-hydrogen) atoms. The van der Waals surface area contributed by atoms with E-state index < -0.39 is 0 Å². The maximum absolute atomic E-state index is 11.8. The summed E-state index contributed by atoms with van der Waals surface area (Å²) in [5.74, 6) is -0.0316. The minimum atomic E-state index is -0.0972. The van der Waals surface area contributed by atoms with Crippen molar-refractivity contribution in [2.45, 2.75) is 25.4 Å². The Hall–Kier alpha value is -2.20. The molecule has 0 saturated carbocycles. The minimum Gasteiger partial charge on any atom is -0.373 e. The second-order valence-corrected chi connectivity index (χ2v) is 5.62. The number of nitrogens with one attached hydrogen (secondary N) is 1. The number of nitrogens with zero attached hydrogens (tertiary/aromatic N) is 1. The lowest BCUT2D eigenvalue weighted by Gasteiger charge is -2.28. The highest BCUT2D eigenvalue weighted by molar-refractivity contribution is 6.03. The van der Waals surface area contributed by atoms with Gasteiger partial charge in [0.15, 0.2) is 0 Å². The van der Waals surface area contributed by atoms with E-state index in [1.807, 2.05) is 37.5 Å². The van der Waals surface area contributed by atoms with Crippen LogP contribution in [0, 0.1) is 0 Å². The average molecular weight is 280 g/mol. The predicted octanol–water partition coefficient (Wildman–Crippen LogP) is 3.27. The van der Waals surface area contributed by atoms with Crippen molar-refractivity contribution in [3.05, 3.63) is 47.8 Å². The van der Waals surface area contributed by atoms with Crippen LogP contribution in [-0.2, 0) is 9.53 Å². The monoisotopic (exact) mass is 280 g/mol. The van der Waals surface area contributed by atoms with Gasteiger partial charge < -0.3 is 10.1 Å². The van der Waals surface area contributed by atoms with Crippen molar-refractivity contribution in [2.24, 2.45) is 0 Å². The van der Waals surface area contributed by atoms with Crippen molar-refractivity contribution < 1.29 is 9.53 Å². The van der Waals surface area contributed by atoms with E-state index in [2.05, 4.69) is 16.4 Å². The van der Waals surface area contributed by atoms with Gasteiger partial charge in [-0.05, 0) is 41.8 Å². The first-order valence-electron chi connectivity index (χ1n) is 7.25. The van der Waals surface area contributed by atoms with Crippen LogP contribution in [0.25, 0.3) is 11.1 Å². The predicted molar refractivity (Wildman–Crippen MR) is 80.0 cm³/mol. The molecule has 1 amide bonds. The van der Waals surface area contributed by atoms with Crippen LogP contribution in [0.1, 0.15) is 36.5 Å². The highest BCUT2D eigenvalue weighted by Gasteiger charge is 2.28. The zero-order chi connectivity index (χ0) is 14.4. The van der Waals surface area contributed by atoms with Gasteiger partial charge in [0.2, 0.25) is 5.91 Å². The van der Waals surface area contributed by atoms with Gasteiger partial charge in [0.1, 0.15) is 0 Å². The summed E-state index contributed by atoms with van der Waals surface area (Å²) >= 11 is 0. The van der Waals surface area contributed by atoms with E-state index in [1.54, 1.807) is 0 Å². The SMILES string of the molecule is CC1C(=O)Nc2ccc(-c3cnccc3C3CCO3)cc21. The number of ether oxygens (including phenoxy) is 1. The zero-order valence-electron chi connectivity index (χ0n) is 11.8. The fraction of sp³-hybridized carbons (Fsp3) is 0.294. The Morgan fingerprint density at radius 1 is 1.29 bits per heavy atom. The van der Waals surface area contributed by atoms with Gasteiger partial charge in [-0.15, -0.1) is 0 Å². The number of amides is 1. The molecule has 2 unspecified atom stereocenters. The third-order valence-corrected chi connectivity index (χ3v) is 4.38. The Labute approximate surface area is 123 Å². The van der Waals surface area contributed by atoms with Crippen molar-refractivity contribution in [1.29, 1.82) is 0 Å². The van der Waals surface area contributed by atoms with Crippen molar-refractivity contribution >= 4 is 11.6 Å². The number of carbonyl (C=O) groups is 1. The lowest BCUT2D eigenvalue weighted by Crippen LogP contribution is -2.19. The number of benzene rings is 1. The Kier molecular flexibility index (Phi) is 2.79. The molecular formula is C17H16N2O2. The Morgan fingerprint density at radius 2 is 2.14 bits per heavy atom. The molecule has 1 aromatic carbocycles. The number of carbonyl (C=O) groups excluding carboxylic acids is 1. The van der Waals surface area contributed by atoms with Crippen LogP contribution >= 0.6 is 0 Å². The van der Waals surface area contributed by atoms with Crippen LogP contribution in [0.3, 0.4) is 0 Å². The van der Waals surface area contributed by atoms with E-state index in [0.717, 1.165) is 35.4 Å². The van der Waals surface area contributed by atoms with Crippen molar-refractivity contribution in [3.63, 3.8) is 0 Å². The molecule has 2 aromatic rings. The number of fused-ring (bicyclic) bond motifs is 1. The molecule has 2 atom stereocenters. The summed E-state index contributed by atoms with van der Waals surface area (Å²) in [4.78, 5) is 16.0. The third-order valence-electron chi connectivity index (χ3n) is 4.38. The molecule has 4 heteroatoms. The first-order valence-corrected chi connectivity index (χ1v) is 7.25. The number of hydrogen-bond acceptors (Lipinski definition) is 3. The van der Waals surface area contributed by atoms with Gasteiger partial charge in [0, 0.05) is 30.1 Å². The van der Waals surface area contributed by atoms with Crippen LogP contribution in [0.2, 0.25) is 0 Å². The van der Waals surface area contributed by atoms with E-state index >= 15 is 0 Å². The normalized spacial score (nSPS) is 23.4. The van der Waals surface area contributed by atoms with Gasteiger partial charge in [0.05, 0.1) is 18.6 Å². The third kappa shape index (κ3) is 1.94. The van der Waals surface area contributed by atoms with Gasteiger partial charge in [0.25, 0.3) is 0 Å². The topological polar surface area (TPSA) is 51.2 Å². The Balaban J connectivity index is 1.80. The van der Waals surface area contributed by atoms with Crippen LogP contribution < -0.4 is 5.32 Å². The number of aromatic nitrogens is 1. The standard InChI is InChI=1S/C17H16N2O2/c1-10-13-8-11(2-3-15(13)19-17(10)20)14-9-18-6-4-12(14)16-5-7-21-16/h2-4,6,8-10,16H,5,7H2,1H3,(H,19,20). The minimum absolute atomic E-state index is 0.0656. The molecule has 1 aromatic heterocycles. The van der Waals surface area contributed by atoms with Gasteiger partial charge >= 0.3 is 0 Å². The molecule has 1 saturated heterocycles. The Bertz CT molecular complexity index is 722. The highest BCUT2D eigenvalue weighted by atomic mass is 16.5. The number of hydrogen-bond donors (Lipinski definition) is 1. The molecular weight excluding hydrogens is 264 g/mol. The zero-order valence-corrected chi connectivity index (χ0v) is 11.8. The molecule has 1 N–H and O–H groups in total. The largest absolute Gasteiger partial charge is 0.373 e. The molecule has 0 radical (unpaired) electrons. The van der Waals surface area contributed by atoms with Gasteiger partial charge in [-0.25, -0.2) is 0 Å². The Morgan fingerprint density at radius 3 is 2.90 bits per heavy atom. The van der Waals surface area contributed by atoms with E-state index in [4.69, 9.17) is 4.74 Å². The van der Waals surface area contributed by atoms with Crippen molar-refractivity contribution in [1.82, 2.24) is 4.98 Å². The second-order valence-electron chi connectivity index (χ2n) is 5.62. The quantitative estimate of drug-likeness (QED) is 0.918. The first kappa shape index (κ1) is 12.5. The maximum Gasteiger partial charge on any atom is 0.231 e. The van der Waals surface area contributed by atoms with Crippen LogP contribution in [0.5, 0.6) is 0 Å². The summed E-state index contributed by atoms with van der Waals surface area (Å²) in [5, 5.41) is 2.91. The number of anilines is 1. The summed E-state index contributed by atoms with van der Waals surface area (Å²) in [6, 6.07) is 8.14. The fourth-order valence-electron chi connectivity index (χ4n) is 2.99. The molecule has 2 aliphatic heterocycles. The summed E-state index contributed by atoms with van der Waals surface area (Å²) in [6.45, 7) is 2.76. The van der Waals surface area contributed by atoms with Gasteiger partial charge in [-0.1, -0.05) is 6.07 Å². The molecule has 0 bridgehead atoms. The van der Waals surface area contributed by atoms with Crippen LogP contribution in [0.4, 0.5) is 5.69 Å². The lowest BCUT2D eigenvalue weighted by atomic mass is 9.92. The highest BCUT2D eigenvalue weighted by Crippen LogP contribution is 2.39. The fourth-order valence-corrected chi connectivity index (χ4v) is 2.99. The average Bonchev–Trinajstić information content (AvgIpc) is 2.73. The molecule has 2 aliphatic rings. The van der Waals surface area contributed by atoms with Crippen molar-refractivity contribution in [2.75, 3.05) is 11.9 Å². The van der Waals surface area contributed by atoms with Gasteiger partial charge in [-0.2, -0.15) is 0 Å². The molecule has 0 aliphatic carbocycles. The summed E-state index contributed by atoms with van der Waals surface area (Å²) in [5.41, 5.74) is 5.34. The molecule has 1 fully saturated rings. The number of rotatable bonds is 2. The van der Waals surface area contributed by atoms with E-state index in [9.17, 15) is 4.79 Å². The lowest BCUT2D eigenvalue weighted by molar-refractivity contribution is -0.116. The second kappa shape index (κ2) is 4.67. The maximum atomic E-state index is 11.8. The molecule has 4 rings (SSSR count). The summed E-state index contributed by atoms with van der Waals surface area (Å²) in [6.07, 6.45) is 4.92. The van der Waals surface area contributed by atoms with Crippen molar-refractivity contribution in [3.8, 4) is 11.1 Å². The number of pyridine rings is 1. The van der Waals surface area contributed by atoms with E-state index in [-0.39, 0.29) is 17.9 Å².